The number of aryl methyl sites for hydroxylation is 1. The number of nitrogens with zero attached hydrogens (tertiary/aromatic N) is 2. The fourth-order valence-electron chi connectivity index (χ4n) is 3.03. The lowest BCUT2D eigenvalue weighted by molar-refractivity contribution is 0.0145. The second kappa shape index (κ2) is 5.77. The van der Waals surface area contributed by atoms with Crippen molar-refractivity contribution in [2.24, 2.45) is 0 Å². The normalized spacial score (nSPS) is 19.6. The molecule has 2 unspecified atom stereocenters. The zero-order chi connectivity index (χ0) is 13.9. The van der Waals surface area contributed by atoms with Crippen molar-refractivity contribution in [1.29, 1.82) is 0 Å². The number of aromatic nitrogens is 2. The van der Waals surface area contributed by atoms with Crippen LogP contribution < -0.4 is 5.32 Å². The minimum atomic E-state index is 0.0481. The predicted octanol–water partition coefficient (Wildman–Crippen LogP) is 2.48. The molecule has 20 heavy (non-hydrogen) atoms. The number of ether oxygens (including phenoxy) is 1. The number of hydrogen-bond donors (Lipinski definition) is 1. The van der Waals surface area contributed by atoms with E-state index in [2.05, 4.69) is 47.7 Å². The molecule has 0 amide bonds. The van der Waals surface area contributed by atoms with E-state index < -0.39 is 0 Å². The second-order valence-corrected chi connectivity index (χ2v) is 5.08. The van der Waals surface area contributed by atoms with E-state index in [1.165, 1.54) is 16.8 Å². The second-order valence-electron chi connectivity index (χ2n) is 5.08. The Bertz CT molecular complexity index is 579. The molecule has 2 heterocycles. The number of rotatable bonds is 4. The van der Waals surface area contributed by atoms with Gasteiger partial charge in [-0.25, -0.2) is 0 Å². The number of hydrogen-bond acceptors (Lipinski definition) is 3. The summed E-state index contributed by atoms with van der Waals surface area (Å²) in [5.74, 6) is 0. The fraction of sp³-hybridized carbons (Fsp3) is 0.438. The summed E-state index contributed by atoms with van der Waals surface area (Å²) in [7, 11) is 1.98. The van der Waals surface area contributed by atoms with Crippen LogP contribution in [0.3, 0.4) is 0 Å². The average molecular weight is 271 g/mol. The van der Waals surface area contributed by atoms with Crippen LogP contribution in [0.2, 0.25) is 0 Å². The smallest absolute Gasteiger partial charge is 0.104 e. The van der Waals surface area contributed by atoms with E-state index in [9.17, 15) is 0 Å². The van der Waals surface area contributed by atoms with Gasteiger partial charge in [0.05, 0.1) is 18.3 Å². The molecule has 0 aliphatic carbocycles. The molecule has 0 bridgehead atoms. The molecule has 0 spiro atoms. The first-order chi connectivity index (χ1) is 9.85. The molecule has 2 aromatic rings. The molecule has 1 aliphatic heterocycles. The summed E-state index contributed by atoms with van der Waals surface area (Å²) in [6.07, 6.45) is 2.90. The molecule has 1 N–H and O–H groups in total. The van der Waals surface area contributed by atoms with Gasteiger partial charge in [-0.05, 0) is 37.6 Å². The number of fused-ring (bicyclic) bond motifs is 1. The Morgan fingerprint density at radius 3 is 3.05 bits per heavy atom. The molecule has 2 atom stereocenters. The lowest BCUT2D eigenvalue weighted by atomic mass is 9.92. The van der Waals surface area contributed by atoms with Crippen molar-refractivity contribution >= 4 is 0 Å². The number of benzene rings is 1. The molecule has 0 fully saturated rings. The van der Waals surface area contributed by atoms with Crippen molar-refractivity contribution in [2.75, 3.05) is 13.7 Å². The van der Waals surface area contributed by atoms with Crippen molar-refractivity contribution < 1.29 is 4.74 Å². The third-order valence-electron chi connectivity index (χ3n) is 4.01. The quantitative estimate of drug-likeness (QED) is 0.928. The summed E-state index contributed by atoms with van der Waals surface area (Å²) in [5, 5.41) is 7.78. The van der Waals surface area contributed by atoms with E-state index in [1.54, 1.807) is 0 Å². The fourth-order valence-corrected chi connectivity index (χ4v) is 3.03. The predicted molar refractivity (Wildman–Crippen MR) is 78.5 cm³/mol. The van der Waals surface area contributed by atoms with Crippen LogP contribution >= 0.6 is 0 Å². The number of likely N-dealkylation sites (N-methyl/N-ethyl adjacent to an activating group) is 1. The van der Waals surface area contributed by atoms with Gasteiger partial charge in [0.2, 0.25) is 0 Å². The van der Waals surface area contributed by atoms with E-state index in [-0.39, 0.29) is 12.1 Å². The highest BCUT2D eigenvalue weighted by molar-refractivity contribution is 5.33. The molecule has 0 saturated heterocycles. The lowest BCUT2D eigenvalue weighted by Crippen LogP contribution is -2.31. The summed E-state index contributed by atoms with van der Waals surface area (Å²) < 4.78 is 8.11. The maximum Gasteiger partial charge on any atom is 0.104 e. The van der Waals surface area contributed by atoms with Gasteiger partial charge in [0.15, 0.2) is 0 Å². The van der Waals surface area contributed by atoms with E-state index in [0.29, 0.717) is 0 Å². The SMILES string of the molecule is CCn1nccc1C(NC)C1OCCc2ccccc21. The van der Waals surface area contributed by atoms with Crippen molar-refractivity contribution in [2.45, 2.75) is 32.0 Å². The van der Waals surface area contributed by atoms with Crippen molar-refractivity contribution in [3.8, 4) is 0 Å². The van der Waals surface area contributed by atoms with Gasteiger partial charge in [-0.15, -0.1) is 0 Å². The van der Waals surface area contributed by atoms with E-state index in [4.69, 9.17) is 4.74 Å². The van der Waals surface area contributed by atoms with Crippen LogP contribution in [-0.2, 0) is 17.7 Å². The third-order valence-corrected chi connectivity index (χ3v) is 4.01. The van der Waals surface area contributed by atoms with Crippen LogP contribution in [0.25, 0.3) is 0 Å². The zero-order valence-corrected chi connectivity index (χ0v) is 12.0. The maximum atomic E-state index is 6.08. The molecule has 0 saturated carbocycles. The van der Waals surface area contributed by atoms with Gasteiger partial charge in [-0.3, -0.25) is 4.68 Å². The Balaban J connectivity index is 1.99. The maximum absolute atomic E-state index is 6.08. The van der Waals surface area contributed by atoms with Crippen molar-refractivity contribution in [3.63, 3.8) is 0 Å². The van der Waals surface area contributed by atoms with Crippen LogP contribution in [0.15, 0.2) is 36.5 Å². The molecule has 4 heteroatoms. The van der Waals surface area contributed by atoms with Gasteiger partial charge in [-0.1, -0.05) is 24.3 Å². The topological polar surface area (TPSA) is 39.1 Å². The molecule has 1 aromatic heterocycles. The van der Waals surface area contributed by atoms with Gasteiger partial charge in [-0.2, -0.15) is 5.10 Å². The molecular weight excluding hydrogens is 250 g/mol. The standard InChI is InChI=1S/C16H21N3O/c1-3-19-14(8-10-18-19)15(17-2)16-13-7-5-4-6-12(13)9-11-20-16/h4-8,10,15-17H,3,9,11H2,1-2H3. The summed E-state index contributed by atoms with van der Waals surface area (Å²) in [4.78, 5) is 0. The Morgan fingerprint density at radius 2 is 2.25 bits per heavy atom. The van der Waals surface area contributed by atoms with Crippen LogP contribution in [0.1, 0.15) is 35.9 Å². The highest BCUT2D eigenvalue weighted by Gasteiger charge is 2.30. The van der Waals surface area contributed by atoms with Gasteiger partial charge in [0.1, 0.15) is 6.10 Å². The highest BCUT2D eigenvalue weighted by atomic mass is 16.5. The Morgan fingerprint density at radius 1 is 1.40 bits per heavy atom. The molecule has 106 valence electrons. The third kappa shape index (κ3) is 2.25. The molecular formula is C16H21N3O. The largest absolute Gasteiger partial charge is 0.371 e. The Hall–Kier alpha value is -1.65. The van der Waals surface area contributed by atoms with E-state index >= 15 is 0 Å². The lowest BCUT2D eigenvalue weighted by Gasteiger charge is -2.32. The van der Waals surface area contributed by atoms with E-state index in [0.717, 1.165) is 19.6 Å². The van der Waals surface area contributed by atoms with Gasteiger partial charge in [0.25, 0.3) is 0 Å². The van der Waals surface area contributed by atoms with Crippen LogP contribution in [0, 0.1) is 0 Å². The van der Waals surface area contributed by atoms with E-state index in [1.807, 2.05) is 17.9 Å². The highest BCUT2D eigenvalue weighted by Crippen LogP contribution is 2.36. The summed E-state index contributed by atoms with van der Waals surface area (Å²) in [6, 6.07) is 10.8. The minimum Gasteiger partial charge on any atom is -0.371 e. The van der Waals surface area contributed by atoms with Crippen molar-refractivity contribution in [3.05, 3.63) is 53.3 Å². The van der Waals surface area contributed by atoms with Gasteiger partial charge < -0.3 is 10.1 Å². The summed E-state index contributed by atoms with van der Waals surface area (Å²) in [6.45, 7) is 3.76. The van der Waals surface area contributed by atoms with Crippen molar-refractivity contribution in [1.82, 2.24) is 15.1 Å². The van der Waals surface area contributed by atoms with Crippen LogP contribution in [0.5, 0.6) is 0 Å². The molecule has 1 aromatic carbocycles. The molecule has 4 nitrogen and oxygen atoms in total. The first kappa shape index (κ1) is 13.3. The first-order valence-electron chi connectivity index (χ1n) is 7.23. The molecule has 1 aliphatic rings. The molecule has 0 radical (unpaired) electrons. The van der Waals surface area contributed by atoms with Gasteiger partial charge in [0, 0.05) is 12.7 Å². The first-order valence-corrected chi connectivity index (χ1v) is 7.23. The summed E-state index contributed by atoms with van der Waals surface area (Å²) in [5.41, 5.74) is 3.87. The number of nitrogens with one attached hydrogen (secondary N) is 1. The monoisotopic (exact) mass is 271 g/mol. The Kier molecular flexibility index (Phi) is 3.85. The van der Waals surface area contributed by atoms with Crippen LogP contribution in [0.4, 0.5) is 0 Å². The Labute approximate surface area is 119 Å². The summed E-state index contributed by atoms with van der Waals surface area (Å²) >= 11 is 0. The zero-order valence-electron chi connectivity index (χ0n) is 12.0. The minimum absolute atomic E-state index is 0.0481. The molecule has 3 rings (SSSR count). The van der Waals surface area contributed by atoms with Gasteiger partial charge >= 0.3 is 0 Å². The average Bonchev–Trinajstić information content (AvgIpc) is 2.97. The van der Waals surface area contributed by atoms with Crippen LogP contribution in [-0.4, -0.2) is 23.4 Å².